The largest absolute Gasteiger partial charge is 1.00 e. The Morgan fingerprint density at radius 3 is 1.00 bits per heavy atom. The highest BCUT2D eigenvalue weighted by Crippen LogP contribution is 2.34. The van der Waals surface area contributed by atoms with E-state index in [0.29, 0.717) is 0 Å². The molecule has 0 radical (unpaired) electrons. The molecule has 0 amide bonds. The predicted molar refractivity (Wildman–Crippen MR) is 110 cm³/mol. The number of hydrogen-bond acceptors (Lipinski definition) is 0. The third-order valence-corrected chi connectivity index (χ3v) is 5.41. The van der Waals surface area contributed by atoms with E-state index in [9.17, 15) is 0 Å². The second-order valence-corrected chi connectivity index (χ2v) is 8.25. The Morgan fingerprint density at radius 1 is 0.519 bits per heavy atom. The third-order valence-electron chi connectivity index (χ3n) is 5.41. The van der Waals surface area contributed by atoms with E-state index in [1.165, 1.54) is 16.7 Å². The highest BCUT2D eigenvalue weighted by atomic mass is 35.5. The Bertz CT molecular complexity index is 691. The number of nitrogens with zero attached hydrogens (tertiary/aromatic N) is 1. The second kappa shape index (κ2) is 9.21. The molecule has 0 spiro atoms. The minimum Gasteiger partial charge on any atom is -1.00 e. The first-order valence-corrected chi connectivity index (χ1v) is 9.47. The number of rotatable bonds is 6. The molecule has 3 aromatic carbocycles. The van der Waals surface area contributed by atoms with Gasteiger partial charge in [-0.05, 0) is 20.8 Å². The average Bonchev–Trinajstić information content (AvgIpc) is 2.63. The first-order valence-electron chi connectivity index (χ1n) is 9.47. The fraction of sp³-hybridized carbons (Fsp3) is 0.280. The van der Waals surface area contributed by atoms with E-state index >= 15 is 0 Å². The molecule has 0 N–H and O–H groups in total. The number of benzene rings is 3. The van der Waals surface area contributed by atoms with Crippen molar-refractivity contribution in [1.82, 2.24) is 0 Å². The molecule has 0 saturated carbocycles. The molecular formula is C25H30ClN. The Kier molecular flexibility index (Phi) is 7.24. The van der Waals surface area contributed by atoms with Gasteiger partial charge >= 0.3 is 0 Å². The van der Waals surface area contributed by atoms with Gasteiger partial charge in [0.2, 0.25) is 0 Å². The quantitative estimate of drug-likeness (QED) is 0.577. The van der Waals surface area contributed by atoms with Crippen LogP contribution in [-0.4, -0.2) is 10.0 Å². The van der Waals surface area contributed by atoms with Gasteiger partial charge < -0.3 is 16.9 Å². The summed E-state index contributed by atoms with van der Waals surface area (Å²) < 4.78 is 0.991. The lowest BCUT2D eigenvalue weighted by Crippen LogP contribution is -3.00. The van der Waals surface area contributed by atoms with E-state index in [0.717, 1.165) is 24.1 Å². The molecule has 0 aliphatic rings. The summed E-state index contributed by atoms with van der Waals surface area (Å²) in [7, 11) is 0. The smallest absolute Gasteiger partial charge is 0.105 e. The lowest BCUT2D eigenvalue weighted by atomic mass is 9.95. The van der Waals surface area contributed by atoms with Crippen molar-refractivity contribution < 1.29 is 16.9 Å². The van der Waals surface area contributed by atoms with Crippen LogP contribution in [0.2, 0.25) is 0 Å². The summed E-state index contributed by atoms with van der Waals surface area (Å²) in [6.45, 7) is 10.2. The molecule has 3 aromatic rings. The lowest BCUT2D eigenvalue weighted by molar-refractivity contribution is -1.01. The Labute approximate surface area is 170 Å². The van der Waals surface area contributed by atoms with Gasteiger partial charge in [-0.2, -0.15) is 0 Å². The zero-order chi connectivity index (χ0) is 18.5. The van der Waals surface area contributed by atoms with Crippen molar-refractivity contribution in [3.8, 4) is 0 Å². The van der Waals surface area contributed by atoms with Crippen molar-refractivity contribution in [3.05, 3.63) is 108 Å². The van der Waals surface area contributed by atoms with E-state index in [4.69, 9.17) is 0 Å². The van der Waals surface area contributed by atoms with Crippen LogP contribution in [0.25, 0.3) is 0 Å². The van der Waals surface area contributed by atoms with Crippen molar-refractivity contribution in [3.63, 3.8) is 0 Å². The average molecular weight is 380 g/mol. The van der Waals surface area contributed by atoms with Crippen LogP contribution in [0.3, 0.4) is 0 Å². The zero-order valence-corrected chi connectivity index (χ0v) is 17.4. The number of hydrogen-bond donors (Lipinski definition) is 0. The standard InChI is InChI=1S/C25H30N.ClH/c1-25(2,3)26(19-22-13-7-4-8-14-22,20-23-15-9-5-10-16-23)21-24-17-11-6-12-18-24;/h4-18H,19-21H2,1-3H3;1H/q+1;/p-1. The minimum atomic E-state index is 0. The molecular weight excluding hydrogens is 350 g/mol. The normalized spacial score (nSPS) is 11.7. The highest BCUT2D eigenvalue weighted by molar-refractivity contribution is 5.17. The SMILES string of the molecule is CC(C)(C)[N+](Cc1ccccc1)(Cc1ccccc1)Cc1ccccc1.[Cl-]. The summed E-state index contributed by atoms with van der Waals surface area (Å²) in [6.07, 6.45) is 0. The van der Waals surface area contributed by atoms with Gasteiger partial charge in [-0.1, -0.05) is 91.0 Å². The second-order valence-electron chi connectivity index (χ2n) is 8.25. The molecule has 0 atom stereocenters. The van der Waals surface area contributed by atoms with E-state index < -0.39 is 0 Å². The minimum absolute atomic E-state index is 0. The summed E-state index contributed by atoms with van der Waals surface area (Å²) in [5.41, 5.74) is 4.31. The van der Waals surface area contributed by atoms with Crippen LogP contribution in [0, 0.1) is 0 Å². The van der Waals surface area contributed by atoms with Crippen molar-refractivity contribution in [2.45, 2.75) is 45.9 Å². The van der Waals surface area contributed by atoms with Gasteiger partial charge in [0.15, 0.2) is 0 Å². The summed E-state index contributed by atoms with van der Waals surface area (Å²) in [4.78, 5) is 0. The van der Waals surface area contributed by atoms with Crippen molar-refractivity contribution in [2.24, 2.45) is 0 Å². The van der Waals surface area contributed by atoms with Crippen LogP contribution in [0.4, 0.5) is 0 Å². The molecule has 142 valence electrons. The van der Waals surface area contributed by atoms with Crippen LogP contribution in [0.1, 0.15) is 37.5 Å². The molecule has 1 nitrogen and oxygen atoms in total. The van der Waals surface area contributed by atoms with Gasteiger partial charge in [-0.3, -0.25) is 0 Å². The molecule has 0 saturated heterocycles. The number of quaternary nitrogens is 1. The van der Waals surface area contributed by atoms with Crippen LogP contribution in [0.15, 0.2) is 91.0 Å². The van der Waals surface area contributed by atoms with E-state index in [1.54, 1.807) is 0 Å². The van der Waals surface area contributed by atoms with Gasteiger partial charge in [-0.15, -0.1) is 0 Å². The summed E-state index contributed by atoms with van der Waals surface area (Å²) in [6, 6.07) is 32.8. The van der Waals surface area contributed by atoms with Gasteiger partial charge in [0.05, 0.1) is 5.54 Å². The topological polar surface area (TPSA) is 0 Å². The number of halogens is 1. The van der Waals surface area contributed by atoms with E-state index in [1.807, 2.05) is 0 Å². The summed E-state index contributed by atoms with van der Waals surface area (Å²) >= 11 is 0. The highest BCUT2D eigenvalue weighted by Gasteiger charge is 2.40. The van der Waals surface area contributed by atoms with Crippen LogP contribution in [-0.2, 0) is 19.6 Å². The van der Waals surface area contributed by atoms with Crippen molar-refractivity contribution in [1.29, 1.82) is 0 Å². The fourth-order valence-electron chi connectivity index (χ4n) is 3.68. The molecule has 0 unspecified atom stereocenters. The lowest BCUT2D eigenvalue weighted by Gasteiger charge is -2.49. The summed E-state index contributed by atoms with van der Waals surface area (Å²) in [5.74, 6) is 0. The molecule has 0 heterocycles. The molecule has 2 heteroatoms. The molecule has 0 fully saturated rings. The van der Waals surface area contributed by atoms with Gasteiger partial charge in [0, 0.05) is 16.7 Å². The Balaban J connectivity index is 0.00000261. The summed E-state index contributed by atoms with van der Waals surface area (Å²) in [5, 5.41) is 0. The Hall–Kier alpha value is -2.09. The van der Waals surface area contributed by atoms with E-state index in [2.05, 4.69) is 112 Å². The van der Waals surface area contributed by atoms with Crippen molar-refractivity contribution >= 4 is 0 Å². The molecule has 27 heavy (non-hydrogen) atoms. The van der Waals surface area contributed by atoms with E-state index in [-0.39, 0.29) is 17.9 Å². The van der Waals surface area contributed by atoms with Crippen molar-refractivity contribution in [2.75, 3.05) is 0 Å². The van der Waals surface area contributed by atoms with Gasteiger partial charge in [-0.25, -0.2) is 0 Å². The molecule has 0 aliphatic carbocycles. The maximum atomic E-state index is 2.38. The zero-order valence-electron chi connectivity index (χ0n) is 16.6. The monoisotopic (exact) mass is 379 g/mol. The maximum absolute atomic E-state index is 2.38. The molecule has 0 bridgehead atoms. The first-order chi connectivity index (χ1) is 12.5. The predicted octanol–water partition coefficient (Wildman–Crippen LogP) is 3.21. The third kappa shape index (κ3) is 5.45. The Morgan fingerprint density at radius 2 is 0.778 bits per heavy atom. The van der Waals surface area contributed by atoms with Crippen LogP contribution >= 0.6 is 0 Å². The maximum Gasteiger partial charge on any atom is 0.105 e. The van der Waals surface area contributed by atoms with Gasteiger partial charge in [0.25, 0.3) is 0 Å². The molecule has 0 aromatic heterocycles. The fourth-order valence-corrected chi connectivity index (χ4v) is 3.68. The first kappa shape index (κ1) is 21.2. The van der Waals surface area contributed by atoms with Crippen LogP contribution in [0.5, 0.6) is 0 Å². The van der Waals surface area contributed by atoms with Gasteiger partial charge in [0.1, 0.15) is 19.6 Å². The van der Waals surface area contributed by atoms with Crippen LogP contribution < -0.4 is 12.4 Å². The molecule has 0 aliphatic heterocycles. The molecule has 3 rings (SSSR count).